The van der Waals surface area contributed by atoms with E-state index < -0.39 is 0 Å². The van der Waals surface area contributed by atoms with Crippen LogP contribution >= 0.6 is 0 Å². The van der Waals surface area contributed by atoms with Gasteiger partial charge < -0.3 is 0 Å². The maximum absolute atomic E-state index is 5.00. The van der Waals surface area contributed by atoms with E-state index in [1.807, 2.05) is 6.07 Å². The Morgan fingerprint density at radius 1 is 0.450 bits per heavy atom. The van der Waals surface area contributed by atoms with Gasteiger partial charge in [0, 0.05) is 17.3 Å². The van der Waals surface area contributed by atoms with E-state index in [0.717, 1.165) is 33.4 Å². The molecule has 0 saturated heterocycles. The van der Waals surface area contributed by atoms with E-state index in [2.05, 4.69) is 143 Å². The fourth-order valence-corrected chi connectivity index (χ4v) is 6.53. The Morgan fingerprint density at radius 2 is 1.07 bits per heavy atom. The summed E-state index contributed by atoms with van der Waals surface area (Å²) in [6.45, 7) is 0. The number of hydrogen-bond donors (Lipinski definition) is 0. The van der Waals surface area contributed by atoms with Crippen molar-refractivity contribution in [3.8, 4) is 16.8 Å². The maximum Gasteiger partial charge on any atom is 0.150 e. The average molecular weight is 510 g/mol. The monoisotopic (exact) mass is 509 g/mol. The van der Waals surface area contributed by atoms with Crippen molar-refractivity contribution < 1.29 is 0 Å². The highest BCUT2D eigenvalue weighted by Crippen LogP contribution is 2.38. The number of fused-ring (bicyclic) bond motifs is 11. The number of para-hydroxylation sites is 1. The van der Waals surface area contributed by atoms with Gasteiger partial charge in [-0.1, -0.05) is 97.1 Å². The van der Waals surface area contributed by atoms with Gasteiger partial charge in [-0.2, -0.15) is 0 Å². The van der Waals surface area contributed by atoms with Crippen molar-refractivity contribution in [2.75, 3.05) is 0 Å². The lowest BCUT2D eigenvalue weighted by atomic mass is 9.92. The number of rotatable bonds is 2. The quantitative estimate of drug-likeness (QED) is 0.213. The molecule has 3 heterocycles. The number of hydrogen-bond acceptors (Lipinski definition) is 1. The Labute approximate surface area is 230 Å². The summed E-state index contributed by atoms with van der Waals surface area (Å²) in [6, 6.07) is 48.0. The summed E-state index contributed by atoms with van der Waals surface area (Å²) in [5.74, 6) is 0. The van der Waals surface area contributed by atoms with Crippen molar-refractivity contribution in [1.82, 2.24) is 14.0 Å². The zero-order valence-electron chi connectivity index (χ0n) is 21.6. The molecule has 0 atom stereocenters. The Bertz CT molecular complexity index is 2400. The molecule has 6 aromatic carbocycles. The summed E-state index contributed by atoms with van der Waals surface area (Å²) in [4.78, 5) is 5.00. The molecule has 0 aliphatic heterocycles. The first-order valence-corrected chi connectivity index (χ1v) is 13.7. The van der Waals surface area contributed by atoms with E-state index in [1.165, 1.54) is 43.4 Å². The van der Waals surface area contributed by atoms with Crippen LogP contribution in [0.4, 0.5) is 0 Å². The first-order chi connectivity index (χ1) is 19.8. The van der Waals surface area contributed by atoms with E-state index in [0.29, 0.717) is 0 Å². The third-order valence-electron chi connectivity index (χ3n) is 8.30. The summed E-state index contributed by atoms with van der Waals surface area (Å²) in [5, 5.41) is 8.92. The van der Waals surface area contributed by atoms with Crippen LogP contribution in [-0.2, 0) is 0 Å². The highest BCUT2D eigenvalue weighted by atomic mass is 15.1. The smallest absolute Gasteiger partial charge is 0.150 e. The highest BCUT2D eigenvalue weighted by Gasteiger charge is 2.18. The van der Waals surface area contributed by atoms with Crippen LogP contribution in [0.25, 0.3) is 76.8 Å². The molecule has 3 nitrogen and oxygen atoms in total. The van der Waals surface area contributed by atoms with Crippen LogP contribution in [0.1, 0.15) is 0 Å². The first kappa shape index (κ1) is 21.5. The van der Waals surface area contributed by atoms with Crippen molar-refractivity contribution in [2.24, 2.45) is 0 Å². The van der Waals surface area contributed by atoms with Crippen molar-refractivity contribution in [1.29, 1.82) is 0 Å². The van der Waals surface area contributed by atoms with Gasteiger partial charge in [-0.05, 0) is 79.8 Å². The van der Waals surface area contributed by atoms with Gasteiger partial charge in [0.25, 0.3) is 0 Å². The molecule has 0 unspecified atom stereocenters. The molecule has 0 spiro atoms. The van der Waals surface area contributed by atoms with Crippen LogP contribution in [0.2, 0.25) is 0 Å². The molecule has 0 aliphatic carbocycles. The maximum atomic E-state index is 5.00. The second kappa shape index (κ2) is 8.05. The van der Waals surface area contributed by atoms with E-state index >= 15 is 0 Å². The number of imidazole rings is 1. The molecule has 0 fully saturated rings. The Kier molecular flexibility index (Phi) is 4.33. The van der Waals surface area contributed by atoms with Gasteiger partial charge in [0.05, 0.1) is 5.52 Å². The molecule has 0 N–H and O–H groups in total. The molecule has 3 heteroatoms. The van der Waals surface area contributed by atoms with Crippen molar-refractivity contribution in [3.05, 3.63) is 140 Å². The molecule has 9 rings (SSSR count). The second-order valence-corrected chi connectivity index (χ2v) is 10.5. The summed E-state index contributed by atoms with van der Waals surface area (Å²) in [5.41, 5.74) is 7.75. The van der Waals surface area contributed by atoms with Gasteiger partial charge in [-0.15, -0.1) is 0 Å². The van der Waals surface area contributed by atoms with E-state index in [4.69, 9.17) is 4.98 Å². The third kappa shape index (κ3) is 2.92. The van der Waals surface area contributed by atoms with Gasteiger partial charge in [-0.3, -0.25) is 8.97 Å². The van der Waals surface area contributed by atoms with Crippen LogP contribution in [0.15, 0.2) is 140 Å². The lowest BCUT2D eigenvalue weighted by molar-refractivity contribution is 1.09. The molecule has 0 bridgehead atoms. The standard InChI is InChI=1S/C37H23N3/c1-2-14-29-27(12-1)28-13-3-4-15-30(28)33-23-25(19-20-31(29)33)24-10-9-11-26(22-24)40-34-17-6-5-16-32(34)36-37(40)39-21-8-7-18-35(39)38-36/h1-23H. The normalized spacial score (nSPS) is 12.0. The summed E-state index contributed by atoms with van der Waals surface area (Å²) in [7, 11) is 0. The van der Waals surface area contributed by atoms with Crippen LogP contribution in [0, 0.1) is 0 Å². The molecule has 0 radical (unpaired) electrons. The Hall–Kier alpha value is -5.41. The van der Waals surface area contributed by atoms with Crippen LogP contribution in [0.3, 0.4) is 0 Å². The molecule has 0 amide bonds. The third-order valence-corrected chi connectivity index (χ3v) is 8.30. The van der Waals surface area contributed by atoms with Crippen LogP contribution in [-0.4, -0.2) is 14.0 Å². The molecular weight excluding hydrogens is 486 g/mol. The molecule has 3 aromatic heterocycles. The predicted octanol–water partition coefficient (Wildman–Crippen LogP) is 9.56. The zero-order chi connectivity index (χ0) is 26.2. The van der Waals surface area contributed by atoms with Gasteiger partial charge in [-0.25, -0.2) is 4.98 Å². The second-order valence-electron chi connectivity index (χ2n) is 10.5. The SMILES string of the molecule is c1cc(-c2ccc3c4ccccc4c4ccccc4c3c2)cc(-n2c3ccccc3c3nc4ccccn4c32)c1. The molecule has 9 aromatic rings. The van der Waals surface area contributed by atoms with Crippen molar-refractivity contribution in [2.45, 2.75) is 0 Å². The van der Waals surface area contributed by atoms with Crippen molar-refractivity contribution in [3.63, 3.8) is 0 Å². The molecule has 0 aliphatic rings. The summed E-state index contributed by atoms with van der Waals surface area (Å²) in [6.07, 6.45) is 2.10. The largest absolute Gasteiger partial charge is 0.294 e. The minimum absolute atomic E-state index is 0.955. The van der Waals surface area contributed by atoms with E-state index in [-0.39, 0.29) is 0 Å². The number of benzene rings is 6. The van der Waals surface area contributed by atoms with E-state index in [1.54, 1.807) is 0 Å². The lowest BCUT2D eigenvalue weighted by Gasteiger charge is -2.13. The molecule has 40 heavy (non-hydrogen) atoms. The van der Waals surface area contributed by atoms with Gasteiger partial charge in [0.2, 0.25) is 0 Å². The highest BCUT2D eigenvalue weighted by molar-refractivity contribution is 6.25. The zero-order valence-corrected chi connectivity index (χ0v) is 21.6. The molecular formula is C37H23N3. The minimum atomic E-state index is 0.955. The predicted molar refractivity (Wildman–Crippen MR) is 167 cm³/mol. The average Bonchev–Trinajstić information content (AvgIpc) is 3.56. The van der Waals surface area contributed by atoms with E-state index in [9.17, 15) is 0 Å². The summed E-state index contributed by atoms with van der Waals surface area (Å²) < 4.78 is 4.54. The number of pyridine rings is 1. The van der Waals surface area contributed by atoms with Gasteiger partial charge >= 0.3 is 0 Å². The topological polar surface area (TPSA) is 22.2 Å². The number of nitrogens with zero attached hydrogens (tertiary/aromatic N) is 3. The van der Waals surface area contributed by atoms with Crippen molar-refractivity contribution >= 4 is 60.0 Å². The fraction of sp³-hybridized carbons (Fsp3) is 0. The minimum Gasteiger partial charge on any atom is -0.294 e. The molecule has 186 valence electrons. The Balaban J connectivity index is 1.31. The van der Waals surface area contributed by atoms with Crippen LogP contribution in [0.5, 0.6) is 0 Å². The van der Waals surface area contributed by atoms with Gasteiger partial charge in [0.1, 0.15) is 11.2 Å². The molecule has 0 saturated carbocycles. The number of aromatic nitrogens is 3. The first-order valence-electron chi connectivity index (χ1n) is 13.7. The van der Waals surface area contributed by atoms with Crippen LogP contribution < -0.4 is 0 Å². The fourth-order valence-electron chi connectivity index (χ4n) is 6.53. The Morgan fingerprint density at radius 3 is 1.85 bits per heavy atom. The van der Waals surface area contributed by atoms with Gasteiger partial charge in [0.15, 0.2) is 5.65 Å². The lowest BCUT2D eigenvalue weighted by Crippen LogP contribution is -1.97. The summed E-state index contributed by atoms with van der Waals surface area (Å²) >= 11 is 0.